The highest BCUT2D eigenvalue weighted by molar-refractivity contribution is 7.09. The van der Waals surface area contributed by atoms with Gasteiger partial charge < -0.3 is 9.84 Å². The summed E-state index contributed by atoms with van der Waals surface area (Å²) in [5, 5.41) is 11.8. The molecule has 4 heteroatoms. The number of aliphatic hydroxyl groups is 1. The van der Waals surface area contributed by atoms with Gasteiger partial charge in [-0.2, -0.15) is 0 Å². The van der Waals surface area contributed by atoms with E-state index in [0.29, 0.717) is 19.2 Å². The van der Waals surface area contributed by atoms with E-state index in [1.807, 2.05) is 0 Å². The van der Waals surface area contributed by atoms with Crippen LogP contribution in [0.25, 0.3) is 0 Å². The van der Waals surface area contributed by atoms with Crippen LogP contribution in [-0.4, -0.2) is 42.4 Å². The first-order valence-electron chi connectivity index (χ1n) is 5.57. The zero-order chi connectivity index (χ0) is 12.0. The molecule has 1 aromatic rings. The van der Waals surface area contributed by atoms with E-state index in [-0.39, 0.29) is 0 Å². The molecule has 0 saturated heterocycles. The number of aliphatic hydroxyl groups excluding tert-OH is 1. The van der Waals surface area contributed by atoms with Gasteiger partial charge in [0.15, 0.2) is 0 Å². The summed E-state index contributed by atoms with van der Waals surface area (Å²) in [7, 11) is 1.61. The number of hydrogen-bond donors (Lipinski definition) is 1. The van der Waals surface area contributed by atoms with E-state index in [2.05, 4.69) is 36.3 Å². The summed E-state index contributed by atoms with van der Waals surface area (Å²) in [4.78, 5) is 3.59. The average molecular weight is 243 g/mol. The van der Waals surface area contributed by atoms with Crippen LogP contribution in [0.2, 0.25) is 0 Å². The van der Waals surface area contributed by atoms with E-state index >= 15 is 0 Å². The zero-order valence-corrected chi connectivity index (χ0v) is 11.0. The Balaban J connectivity index is 2.48. The van der Waals surface area contributed by atoms with Crippen molar-refractivity contribution in [2.24, 2.45) is 0 Å². The molecule has 1 rings (SSSR count). The fraction of sp³-hybridized carbons (Fsp3) is 0.667. The Morgan fingerprint density at radius 1 is 1.50 bits per heavy atom. The number of methoxy groups -OCH3 is 1. The van der Waals surface area contributed by atoms with Gasteiger partial charge in [-0.15, -0.1) is 11.3 Å². The van der Waals surface area contributed by atoms with Crippen LogP contribution < -0.4 is 0 Å². The van der Waals surface area contributed by atoms with Crippen molar-refractivity contribution in [2.45, 2.75) is 32.5 Å². The van der Waals surface area contributed by atoms with Gasteiger partial charge in [0.1, 0.15) is 0 Å². The third kappa shape index (κ3) is 4.61. The van der Waals surface area contributed by atoms with Gasteiger partial charge in [-0.3, -0.25) is 4.90 Å². The maximum absolute atomic E-state index is 9.73. The highest BCUT2D eigenvalue weighted by Gasteiger charge is 2.15. The molecule has 1 atom stereocenters. The minimum absolute atomic E-state index is 0.396. The van der Waals surface area contributed by atoms with E-state index in [1.165, 1.54) is 4.88 Å². The molecular formula is C12H21NO2S. The van der Waals surface area contributed by atoms with Crippen molar-refractivity contribution in [3.05, 3.63) is 22.4 Å². The SMILES string of the molecule is COCC(O)CN(Cc1cccs1)C(C)C. The van der Waals surface area contributed by atoms with Crippen molar-refractivity contribution >= 4 is 11.3 Å². The third-order valence-corrected chi connectivity index (χ3v) is 3.33. The molecule has 0 aliphatic carbocycles. The van der Waals surface area contributed by atoms with Crippen molar-refractivity contribution in [1.82, 2.24) is 4.90 Å². The van der Waals surface area contributed by atoms with Gasteiger partial charge in [0.25, 0.3) is 0 Å². The largest absolute Gasteiger partial charge is 0.389 e. The zero-order valence-electron chi connectivity index (χ0n) is 10.2. The lowest BCUT2D eigenvalue weighted by Gasteiger charge is -2.28. The topological polar surface area (TPSA) is 32.7 Å². The second kappa shape index (κ2) is 7.01. The van der Waals surface area contributed by atoms with Gasteiger partial charge in [-0.1, -0.05) is 6.07 Å². The van der Waals surface area contributed by atoms with Gasteiger partial charge in [0, 0.05) is 31.1 Å². The smallest absolute Gasteiger partial charge is 0.0900 e. The molecule has 92 valence electrons. The van der Waals surface area contributed by atoms with Crippen LogP contribution in [-0.2, 0) is 11.3 Å². The molecule has 1 aromatic heterocycles. The summed E-state index contributed by atoms with van der Waals surface area (Å²) in [6, 6.07) is 4.61. The molecule has 1 N–H and O–H groups in total. The second-order valence-corrected chi connectivity index (χ2v) is 5.24. The average Bonchev–Trinajstić information content (AvgIpc) is 2.69. The first-order chi connectivity index (χ1) is 7.63. The summed E-state index contributed by atoms with van der Waals surface area (Å²) in [6.45, 7) is 6.24. The van der Waals surface area contributed by atoms with Crippen LogP contribution in [0.1, 0.15) is 18.7 Å². The molecule has 0 amide bonds. The van der Waals surface area contributed by atoms with Crippen LogP contribution in [0.5, 0.6) is 0 Å². The van der Waals surface area contributed by atoms with E-state index in [9.17, 15) is 5.11 Å². The predicted molar refractivity (Wildman–Crippen MR) is 67.7 cm³/mol. The van der Waals surface area contributed by atoms with Gasteiger partial charge in [-0.25, -0.2) is 0 Å². The standard InChI is InChI=1S/C12H21NO2S/c1-10(2)13(7-11(14)9-15-3)8-12-5-4-6-16-12/h4-6,10-11,14H,7-9H2,1-3H3. The van der Waals surface area contributed by atoms with Crippen molar-refractivity contribution in [3.63, 3.8) is 0 Å². The maximum Gasteiger partial charge on any atom is 0.0900 e. The lowest BCUT2D eigenvalue weighted by Crippen LogP contribution is -2.38. The van der Waals surface area contributed by atoms with E-state index < -0.39 is 6.10 Å². The van der Waals surface area contributed by atoms with E-state index in [1.54, 1.807) is 18.4 Å². The Kier molecular flexibility index (Phi) is 5.98. The Labute approximate surface area is 102 Å². The Hall–Kier alpha value is -0.420. The molecular weight excluding hydrogens is 222 g/mol. The quantitative estimate of drug-likeness (QED) is 0.794. The van der Waals surface area contributed by atoms with Crippen molar-refractivity contribution in [3.8, 4) is 0 Å². The second-order valence-electron chi connectivity index (χ2n) is 4.21. The third-order valence-electron chi connectivity index (χ3n) is 2.47. The van der Waals surface area contributed by atoms with Crippen molar-refractivity contribution in [2.75, 3.05) is 20.3 Å². The molecule has 0 aromatic carbocycles. The molecule has 16 heavy (non-hydrogen) atoms. The Morgan fingerprint density at radius 2 is 2.25 bits per heavy atom. The van der Waals surface area contributed by atoms with Crippen molar-refractivity contribution < 1.29 is 9.84 Å². The summed E-state index contributed by atoms with van der Waals surface area (Å²) < 4.78 is 4.95. The lowest BCUT2D eigenvalue weighted by molar-refractivity contribution is 0.0282. The molecule has 1 unspecified atom stereocenters. The molecule has 0 aliphatic rings. The van der Waals surface area contributed by atoms with Crippen LogP contribution in [0.15, 0.2) is 17.5 Å². The van der Waals surface area contributed by atoms with Crippen molar-refractivity contribution in [1.29, 1.82) is 0 Å². The molecule has 0 radical (unpaired) electrons. The minimum Gasteiger partial charge on any atom is -0.389 e. The summed E-state index contributed by atoms with van der Waals surface area (Å²) in [5.41, 5.74) is 0. The highest BCUT2D eigenvalue weighted by Crippen LogP contribution is 2.14. The summed E-state index contributed by atoms with van der Waals surface area (Å²) in [5.74, 6) is 0. The normalized spacial score (nSPS) is 13.6. The highest BCUT2D eigenvalue weighted by atomic mass is 32.1. The van der Waals surface area contributed by atoms with Crippen LogP contribution in [0, 0.1) is 0 Å². The summed E-state index contributed by atoms with van der Waals surface area (Å²) >= 11 is 1.75. The van der Waals surface area contributed by atoms with Gasteiger partial charge >= 0.3 is 0 Å². The predicted octanol–water partition coefficient (Wildman–Crippen LogP) is 1.97. The lowest BCUT2D eigenvalue weighted by atomic mass is 10.2. The van der Waals surface area contributed by atoms with E-state index in [4.69, 9.17) is 4.74 Å². The Bertz CT molecular complexity index is 275. The van der Waals surface area contributed by atoms with Gasteiger partial charge in [-0.05, 0) is 25.3 Å². The van der Waals surface area contributed by atoms with Gasteiger partial charge in [0.2, 0.25) is 0 Å². The molecule has 0 aliphatic heterocycles. The molecule has 3 nitrogen and oxygen atoms in total. The summed E-state index contributed by atoms with van der Waals surface area (Å²) in [6.07, 6.45) is -0.410. The van der Waals surface area contributed by atoms with Gasteiger partial charge in [0.05, 0.1) is 12.7 Å². The first kappa shape index (κ1) is 13.6. The number of hydrogen-bond acceptors (Lipinski definition) is 4. The molecule has 0 spiro atoms. The number of ether oxygens (including phenoxy) is 1. The number of thiophene rings is 1. The van der Waals surface area contributed by atoms with Crippen LogP contribution in [0.3, 0.4) is 0 Å². The number of rotatable bonds is 7. The fourth-order valence-corrected chi connectivity index (χ4v) is 2.31. The minimum atomic E-state index is -0.410. The number of nitrogens with zero attached hydrogens (tertiary/aromatic N) is 1. The fourth-order valence-electron chi connectivity index (χ4n) is 1.58. The molecule has 0 saturated carbocycles. The van der Waals surface area contributed by atoms with Crippen LogP contribution in [0.4, 0.5) is 0 Å². The van der Waals surface area contributed by atoms with Crippen LogP contribution >= 0.6 is 11.3 Å². The monoisotopic (exact) mass is 243 g/mol. The molecule has 0 bridgehead atoms. The first-order valence-corrected chi connectivity index (χ1v) is 6.45. The molecule has 1 heterocycles. The van der Waals surface area contributed by atoms with E-state index in [0.717, 1.165) is 6.54 Å². The maximum atomic E-state index is 9.73. The molecule has 0 fully saturated rings. The Morgan fingerprint density at radius 3 is 2.75 bits per heavy atom.